The van der Waals surface area contributed by atoms with Crippen LogP contribution in [0, 0.1) is 0 Å². The number of esters is 1. The summed E-state index contributed by atoms with van der Waals surface area (Å²) in [6, 6.07) is 11.3. The second kappa shape index (κ2) is 10.0. The minimum atomic E-state index is -0.396. The standard InChI is InChI=1S/C21H22Br2N2O4/c1-5-19(26)29-16-8-6-7-14(11-16)20(27)24(4)25(13(2)3)21(28)17-12-15(22)9-10-18(17)23/h6-13H,5H2,1-4H3. The Bertz CT molecular complexity index is 931. The van der Waals surface area contributed by atoms with Crippen LogP contribution < -0.4 is 4.74 Å². The summed E-state index contributed by atoms with van der Waals surface area (Å²) in [5.41, 5.74) is 0.735. The van der Waals surface area contributed by atoms with E-state index in [2.05, 4.69) is 31.9 Å². The highest BCUT2D eigenvalue weighted by Crippen LogP contribution is 2.25. The molecule has 0 bridgehead atoms. The van der Waals surface area contributed by atoms with Crippen LogP contribution in [0.2, 0.25) is 0 Å². The summed E-state index contributed by atoms with van der Waals surface area (Å²) < 4.78 is 6.57. The molecule has 29 heavy (non-hydrogen) atoms. The lowest BCUT2D eigenvalue weighted by Crippen LogP contribution is -2.51. The van der Waals surface area contributed by atoms with E-state index >= 15 is 0 Å². The lowest BCUT2D eigenvalue weighted by molar-refractivity contribution is -0.134. The van der Waals surface area contributed by atoms with Crippen LogP contribution in [0.3, 0.4) is 0 Å². The molecule has 0 N–H and O–H groups in total. The molecule has 8 heteroatoms. The van der Waals surface area contributed by atoms with Crippen molar-refractivity contribution in [3.63, 3.8) is 0 Å². The fourth-order valence-electron chi connectivity index (χ4n) is 2.68. The number of hydrazine groups is 1. The summed E-state index contributed by atoms with van der Waals surface area (Å²) in [7, 11) is 1.54. The molecule has 0 aliphatic heterocycles. The Labute approximate surface area is 187 Å². The topological polar surface area (TPSA) is 66.9 Å². The number of rotatable bonds is 5. The molecule has 0 atom stereocenters. The number of nitrogens with zero attached hydrogens (tertiary/aromatic N) is 2. The van der Waals surface area contributed by atoms with E-state index in [-0.39, 0.29) is 30.1 Å². The Kier molecular flexibility index (Phi) is 7.98. The molecule has 0 heterocycles. The molecule has 0 aromatic heterocycles. The molecule has 0 fully saturated rings. The van der Waals surface area contributed by atoms with Crippen molar-refractivity contribution in [2.75, 3.05) is 7.05 Å². The Morgan fingerprint density at radius 1 is 1.03 bits per heavy atom. The number of hydrogen-bond donors (Lipinski definition) is 0. The van der Waals surface area contributed by atoms with Gasteiger partial charge in [0.15, 0.2) is 0 Å². The molecule has 0 unspecified atom stereocenters. The molecule has 6 nitrogen and oxygen atoms in total. The summed E-state index contributed by atoms with van der Waals surface area (Å²) >= 11 is 6.77. The van der Waals surface area contributed by atoms with Gasteiger partial charge in [0, 0.05) is 34.0 Å². The number of benzene rings is 2. The van der Waals surface area contributed by atoms with Gasteiger partial charge in [-0.2, -0.15) is 0 Å². The summed E-state index contributed by atoms with van der Waals surface area (Å²) in [5, 5.41) is 2.67. The first kappa shape index (κ1) is 23.1. The van der Waals surface area contributed by atoms with E-state index in [1.165, 1.54) is 23.1 Å². The van der Waals surface area contributed by atoms with Crippen molar-refractivity contribution >= 4 is 49.6 Å². The maximum atomic E-state index is 13.2. The highest BCUT2D eigenvalue weighted by molar-refractivity contribution is 9.11. The molecule has 2 aromatic rings. The third kappa shape index (κ3) is 5.67. The zero-order chi connectivity index (χ0) is 21.7. The van der Waals surface area contributed by atoms with Crippen LogP contribution in [0.1, 0.15) is 47.9 Å². The fraction of sp³-hybridized carbons (Fsp3) is 0.286. The third-order valence-corrected chi connectivity index (χ3v) is 5.26. The van der Waals surface area contributed by atoms with Crippen LogP contribution >= 0.6 is 31.9 Å². The van der Waals surface area contributed by atoms with Crippen molar-refractivity contribution in [1.82, 2.24) is 10.0 Å². The lowest BCUT2D eigenvalue weighted by Gasteiger charge is -2.35. The molecule has 2 amide bonds. The van der Waals surface area contributed by atoms with Gasteiger partial charge >= 0.3 is 5.97 Å². The van der Waals surface area contributed by atoms with Crippen LogP contribution in [0.4, 0.5) is 0 Å². The van der Waals surface area contributed by atoms with E-state index in [4.69, 9.17) is 4.74 Å². The molecular weight excluding hydrogens is 504 g/mol. The van der Waals surface area contributed by atoms with Crippen molar-refractivity contribution < 1.29 is 19.1 Å². The van der Waals surface area contributed by atoms with Gasteiger partial charge in [-0.1, -0.05) is 28.9 Å². The second-order valence-electron chi connectivity index (χ2n) is 6.55. The van der Waals surface area contributed by atoms with Crippen LogP contribution in [0.25, 0.3) is 0 Å². The quantitative estimate of drug-likeness (QED) is 0.310. The average Bonchev–Trinajstić information content (AvgIpc) is 2.68. The first-order valence-corrected chi connectivity index (χ1v) is 10.6. The minimum Gasteiger partial charge on any atom is -0.427 e. The number of carbonyl (C=O) groups excluding carboxylic acids is 3. The number of carbonyl (C=O) groups is 3. The van der Waals surface area contributed by atoms with Gasteiger partial charge in [0.2, 0.25) is 0 Å². The fourth-order valence-corrected chi connectivity index (χ4v) is 3.46. The molecular formula is C21H22Br2N2O4. The van der Waals surface area contributed by atoms with E-state index in [0.29, 0.717) is 15.6 Å². The number of halogens is 2. The van der Waals surface area contributed by atoms with Crippen LogP contribution in [-0.4, -0.2) is 40.9 Å². The van der Waals surface area contributed by atoms with Gasteiger partial charge in [-0.15, -0.1) is 0 Å². The van der Waals surface area contributed by atoms with E-state index in [9.17, 15) is 14.4 Å². The van der Waals surface area contributed by atoms with Gasteiger partial charge in [-0.25, -0.2) is 5.01 Å². The molecule has 2 aromatic carbocycles. The molecule has 0 radical (unpaired) electrons. The summed E-state index contributed by atoms with van der Waals surface area (Å²) in [6.45, 7) is 5.34. The van der Waals surface area contributed by atoms with Gasteiger partial charge in [0.05, 0.1) is 5.56 Å². The van der Waals surface area contributed by atoms with Gasteiger partial charge < -0.3 is 4.74 Å². The Morgan fingerprint density at radius 3 is 2.34 bits per heavy atom. The number of ether oxygens (including phenoxy) is 1. The average molecular weight is 526 g/mol. The molecule has 0 aliphatic carbocycles. The molecule has 0 saturated carbocycles. The summed E-state index contributed by atoms with van der Waals surface area (Å²) in [5.74, 6) is -0.820. The van der Waals surface area contributed by atoms with E-state index in [0.717, 1.165) is 4.47 Å². The van der Waals surface area contributed by atoms with Gasteiger partial charge in [-0.05, 0) is 66.2 Å². The lowest BCUT2D eigenvalue weighted by atomic mass is 10.1. The van der Waals surface area contributed by atoms with Crippen molar-refractivity contribution in [1.29, 1.82) is 0 Å². The molecule has 0 spiro atoms. The zero-order valence-electron chi connectivity index (χ0n) is 16.6. The Balaban J connectivity index is 2.33. The Morgan fingerprint density at radius 2 is 1.72 bits per heavy atom. The summed E-state index contributed by atoms with van der Waals surface area (Å²) in [4.78, 5) is 37.8. The van der Waals surface area contributed by atoms with Crippen LogP contribution in [0.15, 0.2) is 51.4 Å². The van der Waals surface area contributed by atoms with Crippen molar-refractivity contribution in [2.24, 2.45) is 0 Å². The van der Waals surface area contributed by atoms with Crippen LogP contribution in [0.5, 0.6) is 5.75 Å². The second-order valence-corrected chi connectivity index (χ2v) is 8.32. The third-order valence-electron chi connectivity index (χ3n) is 4.07. The van der Waals surface area contributed by atoms with Gasteiger partial charge in [0.1, 0.15) is 5.75 Å². The number of amides is 2. The highest BCUT2D eigenvalue weighted by atomic mass is 79.9. The largest absolute Gasteiger partial charge is 0.427 e. The van der Waals surface area contributed by atoms with E-state index in [1.807, 2.05) is 19.9 Å². The molecule has 154 valence electrons. The normalized spacial score (nSPS) is 10.6. The predicted octanol–water partition coefficient (Wildman–Crippen LogP) is 5.06. The van der Waals surface area contributed by atoms with E-state index < -0.39 is 5.91 Å². The SMILES string of the molecule is CCC(=O)Oc1cccc(C(=O)N(C)N(C(=O)c2cc(Br)ccc2Br)C(C)C)c1. The number of hydrogen-bond acceptors (Lipinski definition) is 4. The highest BCUT2D eigenvalue weighted by Gasteiger charge is 2.28. The van der Waals surface area contributed by atoms with Crippen LogP contribution in [-0.2, 0) is 4.79 Å². The van der Waals surface area contributed by atoms with Gasteiger partial charge in [-0.3, -0.25) is 19.4 Å². The van der Waals surface area contributed by atoms with Crippen molar-refractivity contribution in [3.8, 4) is 5.75 Å². The monoisotopic (exact) mass is 524 g/mol. The first-order chi connectivity index (χ1) is 13.6. The van der Waals surface area contributed by atoms with Crippen molar-refractivity contribution in [2.45, 2.75) is 33.2 Å². The molecule has 0 aliphatic rings. The molecule has 2 rings (SSSR count). The molecule has 0 saturated heterocycles. The van der Waals surface area contributed by atoms with Crippen molar-refractivity contribution in [3.05, 3.63) is 62.5 Å². The predicted molar refractivity (Wildman–Crippen MR) is 118 cm³/mol. The summed E-state index contributed by atoms with van der Waals surface area (Å²) in [6.07, 6.45) is 0.231. The Hall–Kier alpha value is -2.19. The maximum Gasteiger partial charge on any atom is 0.310 e. The minimum absolute atomic E-state index is 0.231. The van der Waals surface area contributed by atoms with Gasteiger partial charge in [0.25, 0.3) is 11.8 Å². The van der Waals surface area contributed by atoms with E-state index in [1.54, 1.807) is 37.3 Å². The first-order valence-electron chi connectivity index (χ1n) is 9.03. The maximum absolute atomic E-state index is 13.2. The zero-order valence-corrected chi connectivity index (χ0v) is 19.8. The smallest absolute Gasteiger partial charge is 0.310 e.